The van der Waals surface area contributed by atoms with E-state index in [1.165, 1.54) is 17.4 Å². The lowest BCUT2D eigenvalue weighted by Crippen LogP contribution is -2.15. The predicted molar refractivity (Wildman–Crippen MR) is 99.8 cm³/mol. The van der Waals surface area contributed by atoms with Crippen LogP contribution in [-0.4, -0.2) is 15.6 Å². The van der Waals surface area contributed by atoms with Crippen molar-refractivity contribution in [1.82, 2.24) is 4.57 Å². The highest BCUT2D eigenvalue weighted by molar-refractivity contribution is 7.07. The van der Waals surface area contributed by atoms with Gasteiger partial charge in [-0.15, -0.1) is 17.9 Å². The molecule has 3 N–H and O–H groups in total. The molecule has 2 aromatic carbocycles. The Balaban J connectivity index is 2.15. The summed E-state index contributed by atoms with van der Waals surface area (Å²) in [5, 5.41) is 11.7. The molecule has 0 aliphatic heterocycles. The van der Waals surface area contributed by atoms with Crippen molar-refractivity contribution in [1.29, 1.82) is 0 Å². The summed E-state index contributed by atoms with van der Waals surface area (Å²) in [4.78, 5) is 17.0. The Bertz CT molecular complexity index is 987. The van der Waals surface area contributed by atoms with Crippen molar-refractivity contribution in [2.75, 3.05) is 0 Å². The Labute approximate surface area is 149 Å². The van der Waals surface area contributed by atoms with Crippen molar-refractivity contribution in [2.24, 2.45) is 10.7 Å². The number of para-hydroxylation sites is 1. The van der Waals surface area contributed by atoms with Crippen molar-refractivity contribution in [3.63, 3.8) is 0 Å². The van der Waals surface area contributed by atoms with E-state index >= 15 is 0 Å². The maximum atomic E-state index is 11.5. The maximum Gasteiger partial charge on any atom is 0.252 e. The number of nitrogens with zero attached hydrogens (tertiary/aromatic N) is 2. The number of allylic oxidation sites excluding steroid dienone is 1. The van der Waals surface area contributed by atoms with Gasteiger partial charge in [-0.2, -0.15) is 0 Å². The highest BCUT2D eigenvalue weighted by atomic mass is 32.1. The number of nitrogens with two attached hydrogens (primary N) is 1. The van der Waals surface area contributed by atoms with Crippen LogP contribution in [0, 0.1) is 0 Å². The SMILES string of the molecule is C=CCn1c(-c2ccc(O)c(C(N)=O)c2)csc1=Nc1ccccc1. The summed E-state index contributed by atoms with van der Waals surface area (Å²) < 4.78 is 2.00. The molecule has 0 bridgehead atoms. The van der Waals surface area contributed by atoms with E-state index in [0.29, 0.717) is 6.54 Å². The molecule has 0 unspecified atom stereocenters. The summed E-state index contributed by atoms with van der Waals surface area (Å²) in [6, 6.07) is 14.5. The van der Waals surface area contributed by atoms with E-state index in [0.717, 1.165) is 21.7 Å². The van der Waals surface area contributed by atoms with Crippen molar-refractivity contribution < 1.29 is 9.90 Å². The van der Waals surface area contributed by atoms with Gasteiger partial charge < -0.3 is 15.4 Å². The summed E-state index contributed by atoms with van der Waals surface area (Å²) in [6.07, 6.45) is 1.79. The molecule has 25 heavy (non-hydrogen) atoms. The van der Waals surface area contributed by atoms with Crippen molar-refractivity contribution >= 4 is 22.9 Å². The van der Waals surface area contributed by atoms with E-state index in [1.54, 1.807) is 18.2 Å². The average molecular weight is 351 g/mol. The van der Waals surface area contributed by atoms with E-state index in [4.69, 9.17) is 5.73 Å². The number of amides is 1. The normalized spacial score (nSPS) is 11.4. The number of carbonyl (C=O) groups is 1. The molecule has 0 spiro atoms. The zero-order valence-electron chi connectivity index (χ0n) is 13.4. The molecular weight excluding hydrogens is 334 g/mol. The number of rotatable bonds is 5. The second kappa shape index (κ2) is 7.19. The largest absolute Gasteiger partial charge is 0.507 e. The molecule has 0 saturated heterocycles. The quantitative estimate of drug-likeness (QED) is 0.691. The van der Waals surface area contributed by atoms with Crippen LogP contribution >= 0.6 is 11.3 Å². The summed E-state index contributed by atoms with van der Waals surface area (Å²) in [7, 11) is 0. The minimum Gasteiger partial charge on any atom is -0.507 e. The molecule has 0 radical (unpaired) electrons. The third-order valence-electron chi connectivity index (χ3n) is 3.65. The molecule has 126 valence electrons. The first kappa shape index (κ1) is 16.7. The molecule has 0 saturated carbocycles. The summed E-state index contributed by atoms with van der Waals surface area (Å²) in [6.45, 7) is 4.37. The van der Waals surface area contributed by atoms with Gasteiger partial charge in [-0.3, -0.25) is 4.79 Å². The summed E-state index contributed by atoms with van der Waals surface area (Å²) in [5.41, 5.74) is 7.93. The van der Waals surface area contributed by atoms with Gasteiger partial charge in [0.15, 0.2) is 4.80 Å². The predicted octanol–water partition coefficient (Wildman–Crippen LogP) is 3.44. The van der Waals surface area contributed by atoms with Gasteiger partial charge in [0.25, 0.3) is 5.91 Å². The fraction of sp³-hybridized carbons (Fsp3) is 0.0526. The molecule has 1 aromatic heterocycles. The van der Waals surface area contributed by atoms with Crippen LogP contribution in [0.4, 0.5) is 5.69 Å². The van der Waals surface area contributed by atoms with Crippen LogP contribution in [0.25, 0.3) is 11.3 Å². The number of hydrogen-bond donors (Lipinski definition) is 2. The number of benzene rings is 2. The monoisotopic (exact) mass is 351 g/mol. The van der Waals surface area contributed by atoms with Gasteiger partial charge in [-0.1, -0.05) is 24.3 Å². The lowest BCUT2D eigenvalue weighted by Gasteiger charge is -2.08. The zero-order chi connectivity index (χ0) is 17.8. The van der Waals surface area contributed by atoms with Crippen molar-refractivity contribution in [3.05, 3.63) is 76.9 Å². The molecular formula is C19H17N3O2S. The van der Waals surface area contributed by atoms with Crippen LogP contribution in [0.2, 0.25) is 0 Å². The highest BCUT2D eigenvalue weighted by Gasteiger charge is 2.12. The summed E-state index contributed by atoms with van der Waals surface area (Å²) >= 11 is 1.49. The van der Waals surface area contributed by atoms with Crippen LogP contribution in [0.5, 0.6) is 5.75 Å². The van der Waals surface area contributed by atoms with Crippen LogP contribution in [0.3, 0.4) is 0 Å². The van der Waals surface area contributed by atoms with Gasteiger partial charge in [0.1, 0.15) is 5.75 Å². The maximum absolute atomic E-state index is 11.5. The van der Waals surface area contributed by atoms with Gasteiger partial charge in [-0.05, 0) is 30.3 Å². The molecule has 6 heteroatoms. The molecule has 3 rings (SSSR count). The number of primary amides is 1. The standard InChI is InChI=1S/C19H17N3O2S/c1-2-10-22-16(13-8-9-17(23)15(11-13)18(20)24)12-25-19(22)21-14-6-4-3-5-7-14/h2-9,11-12,23H,1,10H2,(H2,20,24). The second-order valence-electron chi connectivity index (χ2n) is 5.35. The first-order chi connectivity index (χ1) is 12.1. The first-order valence-electron chi connectivity index (χ1n) is 7.62. The third kappa shape index (κ3) is 3.54. The number of aromatic hydroxyl groups is 1. The number of thiazole rings is 1. The van der Waals surface area contributed by atoms with Gasteiger partial charge in [0.05, 0.1) is 16.9 Å². The Kier molecular flexibility index (Phi) is 4.81. The lowest BCUT2D eigenvalue weighted by atomic mass is 10.1. The van der Waals surface area contributed by atoms with E-state index in [1.807, 2.05) is 40.3 Å². The van der Waals surface area contributed by atoms with Gasteiger partial charge >= 0.3 is 0 Å². The second-order valence-corrected chi connectivity index (χ2v) is 6.18. The van der Waals surface area contributed by atoms with E-state index in [-0.39, 0.29) is 11.3 Å². The molecule has 3 aromatic rings. The lowest BCUT2D eigenvalue weighted by molar-refractivity contribution is 0.0998. The molecule has 0 aliphatic rings. The van der Waals surface area contributed by atoms with Crippen LogP contribution in [0.1, 0.15) is 10.4 Å². The van der Waals surface area contributed by atoms with Gasteiger partial charge in [-0.25, -0.2) is 4.99 Å². The Hall–Kier alpha value is -3.12. The van der Waals surface area contributed by atoms with Gasteiger partial charge in [0, 0.05) is 17.5 Å². The number of carbonyl (C=O) groups excluding carboxylic acids is 1. The molecule has 5 nitrogen and oxygen atoms in total. The summed E-state index contributed by atoms with van der Waals surface area (Å²) in [5.74, 6) is -0.796. The Morgan fingerprint density at radius 2 is 2.04 bits per heavy atom. The van der Waals surface area contributed by atoms with Gasteiger partial charge in [0.2, 0.25) is 0 Å². The van der Waals surface area contributed by atoms with Crippen LogP contribution in [-0.2, 0) is 6.54 Å². The first-order valence-corrected chi connectivity index (χ1v) is 8.50. The molecule has 0 fully saturated rings. The number of aromatic nitrogens is 1. The Morgan fingerprint density at radius 1 is 1.28 bits per heavy atom. The van der Waals surface area contributed by atoms with Crippen LogP contribution < -0.4 is 10.5 Å². The topological polar surface area (TPSA) is 80.6 Å². The molecule has 1 heterocycles. The fourth-order valence-electron chi connectivity index (χ4n) is 2.46. The van der Waals surface area contributed by atoms with E-state index in [2.05, 4.69) is 11.6 Å². The molecule has 1 amide bonds. The zero-order valence-corrected chi connectivity index (χ0v) is 14.2. The molecule has 0 aliphatic carbocycles. The van der Waals surface area contributed by atoms with Crippen molar-refractivity contribution in [2.45, 2.75) is 6.54 Å². The minimum atomic E-state index is -0.668. The van der Waals surface area contributed by atoms with Crippen molar-refractivity contribution in [3.8, 4) is 17.0 Å². The van der Waals surface area contributed by atoms with Crippen LogP contribution in [0.15, 0.2) is 71.6 Å². The fourth-order valence-corrected chi connectivity index (χ4v) is 3.40. The van der Waals surface area contributed by atoms with E-state index in [9.17, 15) is 9.90 Å². The number of hydrogen-bond acceptors (Lipinski definition) is 4. The minimum absolute atomic E-state index is 0.0930. The van der Waals surface area contributed by atoms with E-state index < -0.39 is 5.91 Å². The highest BCUT2D eigenvalue weighted by Crippen LogP contribution is 2.26. The smallest absolute Gasteiger partial charge is 0.252 e. The Morgan fingerprint density at radius 3 is 2.72 bits per heavy atom. The third-order valence-corrected chi connectivity index (χ3v) is 4.51. The average Bonchev–Trinajstić information content (AvgIpc) is 2.99. The molecule has 0 atom stereocenters. The number of phenols is 1.